The SMILES string of the molecule is COC(=O)C(F)(F)C(F)(F)C(F)F. The minimum absolute atomic E-state index is 0.387. The van der Waals surface area contributed by atoms with Crippen molar-refractivity contribution in [2.75, 3.05) is 7.11 Å². The summed E-state index contributed by atoms with van der Waals surface area (Å²) in [7, 11) is 0.387. The first-order valence-corrected chi connectivity index (χ1v) is 2.80. The number of rotatable bonds is 3. The van der Waals surface area contributed by atoms with E-state index in [1.165, 1.54) is 0 Å². The third-order valence-corrected chi connectivity index (χ3v) is 1.13. The van der Waals surface area contributed by atoms with Gasteiger partial charge in [-0.25, -0.2) is 13.6 Å². The maximum absolute atomic E-state index is 12.1. The van der Waals surface area contributed by atoms with E-state index in [0.29, 0.717) is 7.11 Å². The number of hydrogen-bond donors (Lipinski definition) is 0. The summed E-state index contributed by atoms with van der Waals surface area (Å²) in [6.45, 7) is 0. The van der Waals surface area contributed by atoms with Crippen LogP contribution in [-0.2, 0) is 9.53 Å². The highest BCUT2D eigenvalue weighted by molar-refractivity contribution is 5.78. The van der Waals surface area contributed by atoms with Gasteiger partial charge in [0, 0.05) is 0 Å². The van der Waals surface area contributed by atoms with Crippen LogP contribution in [-0.4, -0.2) is 31.3 Å². The van der Waals surface area contributed by atoms with Crippen molar-refractivity contribution in [3.05, 3.63) is 0 Å². The van der Waals surface area contributed by atoms with Crippen LogP contribution in [0.15, 0.2) is 0 Å². The van der Waals surface area contributed by atoms with E-state index in [0.717, 1.165) is 0 Å². The molecule has 0 saturated heterocycles. The summed E-state index contributed by atoms with van der Waals surface area (Å²) in [6.07, 6.45) is -4.64. The number of methoxy groups -OCH3 is 1. The summed E-state index contributed by atoms with van der Waals surface area (Å²) < 4.78 is 74.2. The largest absolute Gasteiger partial charge is 0.464 e. The zero-order valence-corrected chi connectivity index (χ0v) is 6.16. The van der Waals surface area contributed by atoms with Crippen LogP contribution in [0.2, 0.25) is 0 Å². The van der Waals surface area contributed by atoms with Gasteiger partial charge in [-0.1, -0.05) is 0 Å². The van der Waals surface area contributed by atoms with Gasteiger partial charge < -0.3 is 4.74 Å². The molecule has 0 amide bonds. The lowest BCUT2D eigenvalue weighted by Crippen LogP contribution is -2.52. The molecule has 8 heteroatoms. The molecular weight excluding hydrogens is 206 g/mol. The molecule has 0 unspecified atom stereocenters. The molecule has 2 nitrogen and oxygen atoms in total. The fourth-order valence-electron chi connectivity index (χ4n) is 0.401. The molecule has 0 aromatic carbocycles. The molecule has 0 aromatic heterocycles. The Morgan fingerprint density at radius 2 is 1.62 bits per heavy atom. The molecule has 0 spiro atoms. The Morgan fingerprint density at radius 1 is 1.23 bits per heavy atom. The van der Waals surface area contributed by atoms with Gasteiger partial charge in [0.1, 0.15) is 0 Å². The third-order valence-electron chi connectivity index (χ3n) is 1.13. The number of carbonyl (C=O) groups excluding carboxylic acids is 1. The first-order chi connectivity index (χ1) is 5.67. The molecule has 0 atom stereocenters. The second kappa shape index (κ2) is 3.43. The van der Waals surface area contributed by atoms with E-state index >= 15 is 0 Å². The fourth-order valence-corrected chi connectivity index (χ4v) is 0.401. The van der Waals surface area contributed by atoms with Crippen LogP contribution in [0.1, 0.15) is 0 Å². The van der Waals surface area contributed by atoms with E-state index in [-0.39, 0.29) is 0 Å². The van der Waals surface area contributed by atoms with Crippen molar-refractivity contribution in [2.24, 2.45) is 0 Å². The molecule has 0 bridgehead atoms. The van der Waals surface area contributed by atoms with Gasteiger partial charge in [-0.05, 0) is 0 Å². The second-order valence-corrected chi connectivity index (χ2v) is 1.99. The summed E-state index contributed by atoms with van der Waals surface area (Å²) in [4.78, 5) is 10.00. The van der Waals surface area contributed by atoms with Gasteiger partial charge in [-0.2, -0.15) is 17.6 Å². The lowest BCUT2D eigenvalue weighted by molar-refractivity contribution is -0.264. The van der Waals surface area contributed by atoms with Crippen LogP contribution in [0, 0.1) is 0 Å². The summed E-state index contributed by atoms with van der Waals surface area (Å²) in [5, 5.41) is 0. The molecule has 0 rings (SSSR count). The Kier molecular flexibility index (Phi) is 3.18. The number of hydrogen-bond acceptors (Lipinski definition) is 2. The number of carbonyl (C=O) groups is 1. The maximum atomic E-state index is 12.1. The van der Waals surface area contributed by atoms with Gasteiger partial charge in [0.2, 0.25) is 0 Å². The summed E-state index contributed by atoms with van der Waals surface area (Å²) in [5.41, 5.74) is 0. The zero-order chi connectivity index (χ0) is 10.9. The van der Waals surface area contributed by atoms with Gasteiger partial charge in [0.15, 0.2) is 0 Å². The van der Waals surface area contributed by atoms with Crippen LogP contribution in [0.25, 0.3) is 0 Å². The van der Waals surface area contributed by atoms with Crippen LogP contribution in [0.5, 0.6) is 0 Å². The van der Waals surface area contributed by atoms with E-state index in [1.807, 2.05) is 0 Å². The van der Waals surface area contributed by atoms with E-state index in [1.54, 1.807) is 0 Å². The second-order valence-electron chi connectivity index (χ2n) is 1.99. The molecule has 0 aliphatic heterocycles. The summed E-state index contributed by atoms with van der Waals surface area (Å²) >= 11 is 0. The molecule has 0 aliphatic carbocycles. The van der Waals surface area contributed by atoms with Crippen molar-refractivity contribution in [1.82, 2.24) is 0 Å². The van der Waals surface area contributed by atoms with Gasteiger partial charge >= 0.3 is 24.2 Å². The van der Waals surface area contributed by atoms with Gasteiger partial charge in [0.05, 0.1) is 7.11 Å². The summed E-state index contributed by atoms with van der Waals surface area (Å²) in [6, 6.07) is 0. The highest BCUT2D eigenvalue weighted by Crippen LogP contribution is 2.39. The van der Waals surface area contributed by atoms with Crippen LogP contribution in [0.3, 0.4) is 0 Å². The van der Waals surface area contributed by atoms with Crippen molar-refractivity contribution in [2.45, 2.75) is 18.3 Å². The molecule has 0 heterocycles. The Balaban J connectivity index is 4.91. The molecule has 0 fully saturated rings. The van der Waals surface area contributed by atoms with Gasteiger partial charge in [-0.3, -0.25) is 0 Å². The Bertz CT molecular complexity index is 201. The van der Waals surface area contributed by atoms with E-state index in [4.69, 9.17) is 0 Å². The Labute approximate surface area is 68.5 Å². The third kappa shape index (κ3) is 1.86. The number of ether oxygens (including phenoxy) is 1. The molecule has 0 aliphatic rings. The minimum atomic E-state index is -5.72. The van der Waals surface area contributed by atoms with Gasteiger partial charge in [-0.15, -0.1) is 0 Å². The average molecular weight is 210 g/mol. The summed E-state index contributed by atoms with van der Waals surface area (Å²) in [5.74, 6) is -13.9. The predicted octanol–water partition coefficient (Wildman–Crippen LogP) is 1.70. The van der Waals surface area contributed by atoms with Crippen LogP contribution >= 0.6 is 0 Å². The van der Waals surface area contributed by atoms with Crippen molar-refractivity contribution < 1.29 is 35.9 Å². The van der Waals surface area contributed by atoms with Crippen molar-refractivity contribution in [3.8, 4) is 0 Å². The highest BCUT2D eigenvalue weighted by Gasteiger charge is 2.68. The average Bonchev–Trinajstić information content (AvgIpc) is 2.02. The monoisotopic (exact) mass is 210 g/mol. The van der Waals surface area contributed by atoms with Crippen molar-refractivity contribution >= 4 is 5.97 Å². The normalized spacial score (nSPS) is 13.2. The lowest BCUT2D eigenvalue weighted by Gasteiger charge is -2.22. The highest BCUT2D eigenvalue weighted by atomic mass is 19.3. The van der Waals surface area contributed by atoms with Crippen LogP contribution in [0.4, 0.5) is 26.3 Å². The zero-order valence-electron chi connectivity index (χ0n) is 6.16. The quantitative estimate of drug-likeness (QED) is 0.523. The van der Waals surface area contributed by atoms with Gasteiger partial charge in [0.25, 0.3) is 0 Å². The standard InChI is InChI=1S/C5H4F6O2/c1-13-3(12)5(10,11)4(8,9)2(6)7/h2H,1H3. The van der Waals surface area contributed by atoms with E-state index in [2.05, 4.69) is 4.74 Å². The first-order valence-electron chi connectivity index (χ1n) is 2.80. The maximum Gasteiger partial charge on any atom is 0.410 e. The Morgan fingerprint density at radius 3 is 1.85 bits per heavy atom. The van der Waals surface area contributed by atoms with E-state index in [9.17, 15) is 31.1 Å². The lowest BCUT2D eigenvalue weighted by atomic mass is 10.2. The molecule has 0 saturated carbocycles. The van der Waals surface area contributed by atoms with Crippen molar-refractivity contribution in [3.63, 3.8) is 0 Å². The minimum Gasteiger partial charge on any atom is -0.464 e. The molecular formula is C5H4F6O2. The van der Waals surface area contributed by atoms with E-state index < -0.39 is 24.2 Å². The number of alkyl halides is 6. The molecule has 13 heavy (non-hydrogen) atoms. The van der Waals surface area contributed by atoms with Crippen LogP contribution < -0.4 is 0 Å². The fraction of sp³-hybridized carbons (Fsp3) is 0.800. The first kappa shape index (κ1) is 12.0. The molecule has 0 radical (unpaired) electrons. The number of esters is 1. The smallest absolute Gasteiger partial charge is 0.410 e. The Hall–Kier alpha value is -0.950. The predicted molar refractivity (Wildman–Crippen MR) is 27.9 cm³/mol. The molecule has 0 N–H and O–H groups in total. The number of halogens is 6. The topological polar surface area (TPSA) is 26.3 Å². The molecule has 78 valence electrons. The van der Waals surface area contributed by atoms with Crippen molar-refractivity contribution in [1.29, 1.82) is 0 Å². The molecule has 0 aromatic rings.